The second-order valence-electron chi connectivity index (χ2n) is 13.9. The minimum absolute atomic E-state index is 0.0817. The summed E-state index contributed by atoms with van der Waals surface area (Å²) >= 11 is 0. The summed E-state index contributed by atoms with van der Waals surface area (Å²) in [5.41, 5.74) is 16.2. The molecule has 4 atom stereocenters. The molecule has 0 radical (unpaired) electrons. The number of nitrogens with one attached hydrogen (secondary N) is 1. The standard InChI is InChI=1S/C44H34N2O/c1-2-11-27(12-3-1)46(38-21-9-23-40-42(38)32-13-4-5-22-39(32)47-40)37-20-8-18-36-41(37)29-15-6-14-28-30-16-7-17-31-34-26-45-24-10-19-35(34)44(36,43(30)31)25-33(28)29/h1-14,16-23,29,36,41,45H,15,24-26H2/t29-,36?,41?,44?/m0/s1. The number of benzene rings is 4. The highest BCUT2D eigenvalue weighted by molar-refractivity contribution is 6.12. The monoisotopic (exact) mass is 606 g/mol. The highest BCUT2D eigenvalue weighted by Gasteiger charge is 2.61. The molecule has 4 aromatic carbocycles. The molecule has 5 aliphatic carbocycles. The maximum atomic E-state index is 6.45. The topological polar surface area (TPSA) is 28.4 Å². The van der Waals surface area contributed by atoms with Crippen LogP contribution in [-0.2, 0) is 5.41 Å². The summed E-state index contributed by atoms with van der Waals surface area (Å²) in [6.45, 7) is 1.83. The van der Waals surface area contributed by atoms with Gasteiger partial charge >= 0.3 is 0 Å². The lowest BCUT2D eigenvalue weighted by atomic mass is 9.47. The average molecular weight is 607 g/mol. The van der Waals surface area contributed by atoms with Crippen LogP contribution in [0.15, 0.2) is 155 Å². The van der Waals surface area contributed by atoms with Crippen LogP contribution in [0, 0.1) is 17.8 Å². The van der Waals surface area contributed by atoms with Crippen molar-refractivity contribution in [1.82, 2.24) is 5.32 Å². The molecule has 0 saturated heterocycles. The molecule has 1 aliphatic heterocycles. The van der Waals surface area contributed by atoms with Crippen LogP contribution in [0.5, 0.6) is 0 Å². The van der Waals surface area contributed by atoms with Crippen LogP contribution >= 0.6 is 0 Å². The third kappa shape index (κ3) is 3.30. The number of allylic oxidation sites excluding steroid dienone is 10. The van der Waals surface area contributed by atoms with Gasteiger partial charge in [-0.1, -0.05) is 103 Å². The first-order chi connectivity index (χ1) is 23.3. The normalized spacial score (nSPS) is 26.3. The number of hydrogen-bond donors (Lipinski definition) is 1. The Morgan fingerprint density at radius 3 is 2.62 bits per heavy atom. The number of anilines is 2. The Balaban J connectivity index is 1.19. The molecule has 1 N–H and O–H groups in total. The number of nitrogens with zero attached hydrogens (tertiary/aromatic N) is 1. The summed E-state index contributed by atoms with van der Waals surface area (Å²) in [5.74, 6) is 1.06. The molecule has 3 unspecified atom stereocenters. The van der Waals surface area contributed by atoms with Gasteiger partial charge in [0.1, 0.15) is 11.2 Å². The Hall–Kier alpha value is -5.12. The molecular weight excluding hydrogens is 572 g/mol. The molecule has 1 spiro atoms. The molecule has 2 heterocycles. The smallest absolute Gasteiger partial charge is 0.137 e. The Morgan fingerprint density at radius 2 is 1.66 bits per heavy atom. The van der Waals surface area contributed by atoms with Gasteiger partial charge in [-0.05, 0) is 88.6 Å². The average Bonchev–Trinajstić information content (AvgIpc) is 3.50. The molecule has 3 heteroatoms. The van der Waals surface area contributed by atoms with Gasteiger partial charge in [0.25, 0.3) is 0 Å². The van der Waals surface area contributed by atoms with E-state index in [2.05, 4.69) is 144 Å². The first-order valence-corrected chi connectivity index (χ1v) is 17.1. The first kappa shape index (κ1) is 26.0. The molecule has 47 heavy (non-hydrogen) atoms. The molecule has 1 fully saturated rings. The van der Waals surface area contributed by atoms with E-state index < -0.39 is 0 Å². The molecule has 6 aliphatic rings. The van der Waals surface area contributed by atoms with Gasteiger partial charge in [-0.2, -0.15) is 0 Å². The molecular formula is C44H34N2O. The second-order valence-corrected chi connectivity index (χ2v) is 13.9. The van der Waals surface area contributed by atoms with Crippen molar-refractivity contribution in [2.75, 3.05) is 18.0 Å². The lowest BCUT2D eigenvalue weighted by Crippen LogP contribution is -2.52. The van der Waals surface area contributed by atoms with Gasteiger partial charge in [-0.15, -0.1) is 0 Å². The van der Waals surface area contributed by atoms with Crippen LogP contribution < -0.4 is 10.2 Å². The third-order valence-electron chi connectivity index (χ3n) is 11.9. The van der Waals surface area contributed by atoms with E-state index in [-0.39, 0.29) is 5.41 Å². The first-order valence-electron chi connectivity index (χ1n) is 17.1. The quantitative estimate of drug-likeness (QED) is 0.222. The van der Waals surface area contributed by atoms with E-state index in [9.17, 15) is 0 Å². The highest BCUT2D eigenvalue weighted by atomic mass is 16.3. The Kier molecular flexibility index (Phi) is 5.24. The number of para-hydroxylation sites is 2. The zero-order valence-electron chi connectivity index (χ0n) is 26.1. The van der Waals surface area contributed by atoms with Gasteiger partial charge in [0.2, 0.25) is 0 Å². The number of fused-ring (bicyclic) bond motifs is 7. The van der Waals surface area contributed by atoms with E-state index in [0.717, 1.165) is 42.5 Å². The van der Waals surface area contributed by atoms with E-state index in [4.69, 9.17) is 4.42 Å². The minimum atomic E-state index is -0.0817. The van der Waals surface area contributed by atoms with E-state index in [1.807, 2.05) is 0 Å². The van der Waals surface area contributed by atoms with E-state index in [1.165, 1.54) is 44.7 Å². The van der Waals surface area contributed by atoms with Gasteiger partial charge in [-0.25, -0.2) is 0 Å². The molecule has 0 amide bonds. The summed E-state index contributed by atoms with van der Waals surface area (Å²) in [6, 6.07) is 33.2. The Morgan fingerprint density at radius 1 is 0.809 bits per heavy atom. The fourth-order valence-corrected chi connectivity index (χ4v) is 10.3. The van der Waals surface area contributed by atoms with Crippen molar-refractivity contribution >= 4 is 44.5 Å². The Bertz CT molecular complexity index is 2360. The van der Waals surface area contributed by atoms with Crippen LogP contribution in [0.1, 0.15) is 29.5 Å². The van der Waals surface area contributed by atoms with Gasteiger partial charge in [0.05, 0.1) is 11.1 Å². The van der Waals surface area contributed by atoms with Crippen molar-refractivity contribution in [3.63, 3.8) is 0 Å². The van der Waals surface area contributed by atoms with Crippen LogP contribution in [0.4, 0.5) is 11.4 Å². The maximum Gasteiger partial charge on any atom is 0.137 e. The molecule has 5 aromatic rings. The second kappa shape index (κ2) is 9.47. The number of rotatable bonds is 3. The van der Waals surface area contributed by atoms with Crippen LogP contribution in [0.3, 0.4) is 0 Å². The van der Waals surface area contributed by atoms with Crippen molar-refractivity contribution in [3.8, 4) is 0 Å². The predicted molar refractivity (Wildman–Crippen MR) is 192 cm³/mol. The minimum Gasteiger partial charge on any atom is -0.456 e. The zero-order valence-corrected chi connectivity index (χ0v) is 26.1. The van der Waals surface area contributed by atoms with Crippen LogP contribution in [0.25, 0.3) is 33.1 Å². The van der Waals surface area contributed by atoms with Crippen molar-refractivity contribution in [1.29, 1.82) is 0 Å². The van der Waals surface area contributed by atoms with Crippen LogP contribution in [-0.4, -0.2) is 13.1 Å². The van der Waals surface area contributed by atoms with Crippen LogP contribution in [0.2, 0.25) is 0 Å². The largest absolute Gasteiger partial charge is 0.456 e. The summed E-state index contributed by atoms with van der Waals surface area (Å²) in [4.78, 5) is 2.57. The van der Waals surface area contributed by atoms with Gasteiger partial charge < -0.3 is 14.6 Å². The molecule has 2 bridgehead atoms. The summed E-state index contributed by atoms with van der Waals surface area (Å²) < 4.78 is 6.45. The Labute approximate surface area is 274 Å². The highest BCUT2D eigenvalue weighted by Crippen LogP contribution is 2.69. The van der Waals surface area contributed by atoms with Gasteiger partial charge in [-0.3, -0.25) is 0 Å². The van der Waals surface area contributed by atoms with E-state index in [0.29, 0.717) is 17.8 Å². The number of hydrogen-bond acceptors (Lipinski definition) is 3. The molecule has 1 saturated carbocycles. The SMILES string of the molecule is C1=CC2C(C(N(c3ccccc3)c3cccc4oc5ccccc5c34)=C1)[C@H]1CC=CC3=C1CC21C2=C(CNCC=C2)c2cccc3c21. The predicted octanol–water partition coefficient (Wildman–Crippen LogP) is 10.0. The molecule has 11 rings (SSSR count). The molecule has 226 valence electrons. The fraction of sp³-hybridized carbons (Fsp3) is 0.182. The van der Waals surface area contributed by atoms with Crippen molar-refractivity contribution in [3.05, 3.63) is 167 Å². The van der Waals surface area contributed by atoms with Crippen molar-refractivity contribution in [2.24, 2.45) is 17.8 Å². The van der Waals surface area contributed by atoms with Crippen molar-refractivity contribution in [2.45, 2.75) is 18.3 Å². The lowest BCUT2D eigenvalue weighted by molar-refractivity contribution is 0.188. The summed E-state index contributed by atoms with van der Waals surface area (Å²) in [7, 11) is 0. The fourth-order valence-electron chi connectivity index (χ4n) is 10.3. The third-order valence-corrected chi connectivity index (χ3v) is 11.9. The lowest BCUT2D eigenvalue weighted by Gasteiger charge is -2.57. The molecule has 3 nitrogen and oxygen atoms in total. The van der Waals surface area contributed by atoms with E-state index in [1.54, 1.807) is 16.7 Å². The number of furan rings is 1. The van der Waals surface area contributed by atoms with Gasteiger partial charge in [0.15, 0.2) is 0 Å². The van der Waals surface area contributed by atoms with Gasteiger partial charge in [0, 0.05) is 47.1 Å². The summed E-state index contributed by atoms with van der Waals surface area (Å²) in [6.07, 6.45) is 19.3. The maximum absolute atomic E-state index is 6.45. The molecule has 1 aromatic heterocycles. The van der Waals surface area contributed by atoms with Crippen molar-refractivity contribution < 1.29 is 4.42 Å². The summed E-state index contributed by atoms with van der Waals surface area (Å²) in [5, 5.41) is 6.05. The zero-order chi connectivity index (χ0) is 30.7. The van der Waals surface area contributed by atoms with E-state index >= 15 is 0 Å².